The number of carbonyl (C=O) groups is 1. The number of allylic oxidation sites excluding steroid dienone is 10. The molecule has 1 aliphatic heterocycles. The average Bonchev–Trinajstić information content (AvgIpc) is 2.53. The number of amides is 1. The van der Waals surface area contributed by atoms with Crippen molar-refractivity contribution in [3.05, 3.63) is 85.1 Å². The highest BCUT2D eigenvalue weighted by Gasteiger charge is 1.98. The second-order valence-corrected chi connectivity index (χ2v) is 5.24. The molecule has 0 saturated carbocycles. The van der Waals surface area contributed by atoms with Crippen molar-refractivity contribution in [1.29, 1.82) is 0 Å². The number of hydrogen-bond donors (Lipinski definition) is 2. The Morgan fingerprint density at radius 1 is 0.913 bits per heavy atom. The fourth-order valence-corrected chi connectivity index (χ4v) is 1.74. The highest BCUT2D eigenvalue weighted by molar-refractivity contribution is 5.87. The number of carbonyl (C=O) groups excluding carboxylic acids is 1. The van der Waals surface area contributed by atoms with Crippen LogP contribution in [0.2, 0.25) is 0 Å². The standard InChI is InChI=1S/C20H25NO2/c1-18-13-9-5-2-3-6-10-14-19(22)15-11-7-4-8-12-16-20(23)21-17-18/h2-14,16,18-19,22H,15,17H2,1H3,(H,21,23)/b5-2+,6-3-,8-4+,11-7+,13-9+,14-10+,16-12+. The van der Waals surface area contributed by atoms with Crippen LogP contribution in [0, 0.1) is 5.92 Å². The summed E-state index contributed by atoms with van der Waals surface area (Å²) in [6.07, 6.45) is 25.8. The van der Waals surface area contributed by atoms with Crippen molar-refractivity contribution < 1.29 is 9.90 Å². The van der Waals surface area contributed by atoms with E-state index < -0.39 is 6.10 Å². The molecule has 1 rings (SSSR count). The quantitative estimate of drug-likeness (QED) is 0.720. The topological polar surface area (TPSA) is 49.3 Å². The van der Waals surface area contributed by atoms with E-state index >= 15 is 0 Å². The molecule has 1 heterocycles. The third-order valence-corrected chi connectivity index (χ3v) is 3.02. The molecular formula is C20H25NO2. The minimum absolute atomic E-state index is 0.104. The van der Waals surface area contributed by atoms with E-state index in [4.69, 9.17) is 0 Å². The van der Waals surface area contributed by atoms with Gasteiger partial charge in [0.05, 0.1) is 6.10 Å². The van der Waals surface area contributed by atoms with Gasteiger partial charge in [-0.3, -0.25) is 4.79 Å². The van der Waals surface area contributed by atoms with Gasteiger partial charge in [0.25, 0.3) is 0 Å². The van der Waals surface area contributed by atoms with Crippen LogP contribution in [-0.2, 0) is 4.79 Å². The lowest BCUT2D eigenvalue weighted by molar-refractivity contribution is -0.116. The van der Waals surface area contributed by atoms with E-state index in [1.807, 2.05) is 67.7 Å². The first kappa shape index (κ1) is 18.7. The summed E-state index contributed by atoms with van der Waals surface area (Å²) in [5, 5.41) is 12.6. The normalized spacial score (nSPS) is 33.6. The zero-order valence-electron chi connectivity index (χ0n) is 13.5. The van der Waals surface area contributed by atoms with Crippen LogP contribution in [0.25, 0.3) is 0 Å². The van der Waals surface area contributed by atoms with Gasteiger partial charge in [-0.15, -0.1) is 0 Å². The van der Waals surface area contributed by atoms with Gasteiger partial charge >= 0.3 is 0 Å². The van der Waals surface area contributed by atoms with Gasteiger partial charge in [-0.2, -0.15) is 0 Å². The third kappa shape index (κ3) is 10.9. The predicted octanol–water partition coefficient (Wildman–Crippen LogP) is 3.40. The van der Waals surface area contributed by atoms with E-state index in [9.17, 15) is 9.90 Å². The summed E-state index contributed by atoms with van der Waals surface area (Å²) in [6.45, 7) is 2.65. The van der Waals surface area contributed by atoms with Crippen molar-refractivity contribution >= 4 is 5.91 Å². The molecule has 0 radical (unpaired) electrons. The summed E-state index contributed by atoms with van der Waals surface area (Å²) in [5.41, 5.74) is 0. The van der Waals surface area contributed by atoms with Gasteiger partial charge in [-0.25, -0.2) is 0 Å². The van der Waals surface area contributed by atoms with Gasteiger partial charge in [-0.1, -0.05) is 85.9 Å². The minimum atomic E-state index is -0.499. The van der Waals surface area contributed by atoms with Gasteiger partial charge < -0.3 is 10.4 Å². The Morgan fingerprint density at radius 3 is 2.30 bits per heavy atom. The van der Waals surface area contributed by atoms with Crippen molar-refractivity contribution in [2.45, 2.75) is 19.4 Å². The van der Waals surface area contributed by atoms with Crippen LogP contribution in [0.1, 0.15) is 13.3 Å². The average molecular weight is 311 g/mol. The molecular weight excluding hydrogens is 286 g/mol. The Labute approximate surface area is 138 Å². The maximum Gasteiger partial charge on any atom is 0.243 e. The predicted molar refractivity (Wildman–Crippen MR) is 96.8 cm³/mol. The molecule has 2 N–H and O–H groups in total. The Kier molecular flexibility index (Phi) is 9.88. The van der Waals surface area contributed by atoms with Gasteiger partial charge in [0, 0.05) is 12.6 Å². The van der Waals surface area contributed by atoms with Crippen molar-refractivity contribution in [3.8, 4) is 0 Å². The first-order valence-corrected chi connectivity index (χ1v) is 7.82. The molecule has 2 atom stereocenters. The van der Waals surface area contributed by atoms with Gasteiger partial charge in [0.2, 0.25) is 5.91 Å². The molecule has 0 aliphatic carbocycles. The lowest BCUT2D eigenvalue weighted by Crippen LogP contribution is -2.25. The third-order valence-electron chi connectivity index (χ3n) is 3.02. The van der Waals surface area contributed by atoms with Gasteiger partial charge in [0.15, 0.2) is 0 Å². The molecule has 122 valence electrons. The molecule has 0 saturated heterocycles. The second kappa shape index (κ2) is 12.2. The maximum atomic E-state index is 11.6. The SMILES string of the molecule is CC1/C=C/C=C/C=C\C=C\C(O)C/C=C/C=C/C=C/C(=O)NC1. The second-order valence-electron chi connectivity index (χ2n) is 5.24. The largest absolute Gasteiger partial charge is 0.389 e. The zero-order chi connectivity index (χ0) is 16.8. The van der Waals surface area contributed by atoms with Crippen LogP contribution in [-0.4, -0.2) is 23.7 Å². The molecule has 0 spiro atoms. The fraction of sp³-hybridized carbons (Fsp3) is 0.250. The van der Waals surface area contributed by atoms with Crippen LogP contribution in [0.4, 0.5) is 0 Å². The van der Waals surface area contributed by atoms with E-state index in [1.165, 1.54) is 6.08 Å². The molecule has 0 aromatic carbocycles. The summed E-state index contributed by atoms with van der Waals surface area (Å²) < 4.78 is 0. The van der Waals surface area contributed by atoms with E-state index in [-0.39, 0.29) is 11.8 Å². The lowest BCUT2D eigenvalue weighted by Gasteiger charge is -2.05. The number of nitrogens with one attached hydrogen (secondary N) is 1. The Balaban J connectivity index is 2.70. The van der Waals surface area contributed by atoms with E-state index in [0.29, 0.717) is 13.0 Å². The first-order chi connectivity index (χ1) is 11.2. The monoisotopic (exact) mass is 311 g/mol. The molecule has 0 bridgehead atoms. The molecule has 1 amide bonds. The zero-order valence-corrected chi connectivity index (χ0v) is 13.5. The van der Waals surface area contributed by atoms with Gasteiger partial charge in [0.1, 0.15) is 0 Å². The van der Waals surface area contributed by atoms with Crippen molar-refractivity contribution in [2.75, 3.05) is 6.54 Å². The van der Waals surface area contributed by atoms with Crippen molar-refractivity contribution in [2.24, 2.45) is 5.92 Å². The minimum Gasteiger partial charge on any atom is -0.389 e. The number of rotatable bonds is 0. The number of aliphatic hydroxyl groups is 1. The summed E-state index contributed by atoms with van der Waals surface area (Å²) in [7, 11) is 0. The molecule has 0 aromatic heterocycles. The Hall–Kier alpha value is -2.39. The van der Waals surface area contributed by atoms with E-state index in [1.54, 1.807) is 18.2 Å². The maximum absolute atomic E-state index is 11.6. The van der Waals surface area contributed by atoms with Crippen LogP contribution in [0.15, 0.2) is 85.1 Å². The highest BCUT2D eigenvalue weighted by Crippen LogP contribution is 1.98. The molecule has 0 fully saturated rings. The lowest BCUT2D eigenvalue weighted by atomic mass is 10.1. The molecule has 2 unspecified atom stereocenters. The number of aliphatic hydroxyl groups excluding tert-OH is 1. The van der Waals surface area contributed by atoms with E-state index in [0.717, 1.165) is 0 Å². The molecule has 0 aromatic rings. The van der Waals surface area contributed by atoms with E-state index in [2.05, 4.69) is 5.32 Å². The smallest absolute Gasteiger partial charge is 0.243 e. The molecule has 23 heavy (non-hydrogen) atoms. The Bertz CT molecular complexity index is 548. The van der Waals surface area contributed by atoms with Gasteiger partial charge in [-0.05, 0) is 12.3 Å². The molecule has 3 heteroatoms. The summed E-state index contributed by atoms with van der Waals surface area (Å²) >= 11 is 0. The number of hydrogen-bond acceptors (Lipinski definition) is 2. The van der Waals surface area contributed by atoms with Crippen LogP contribution >= 0.6 is 0 Å². The van der Waals surface area contributed by atoms with Crippen LogP contribution in [0.5, 0.6) is 0 Å². The summed E-state index contributed by atoms with van der Waals surface area (Å²) in [4.78, 5) is 11.6. The first-order valence-electron chi connectivity index (χ1n) is 7.82. The molecule has 1 aliphatic rings. The van der Waals surface area contributed by atoms with Crippen LogP contribution in [0.3, 0.4) is 0 Å². The summed E-state index contributed by atoms with van der Waals surface area (Å²) in [6, 6.07) is 0. The molecule has 3 nitrogen and oxygen atoms in total. The Morgan fingerprint density at radius 2 is 1.52 bits per heavy atom. The van der Waals surface area contributed by atoms with Crippen LogP contribution < -0.4 is 5.32 Å². The fourth-order valence-electron chi connectivity index (χ4n) is 1.74. The van der Waals surface area contributed by atoms with Crippen molar-refractivity contribution in [1.82, 2.24) is 5.32 Å². The van der Waals surface area contributed by atoms with Crippen molar-refractivity contribution in [3.63, 3.8) is 0 Å². The highest BCUT2D eigenvalue weighted by atomic mass is 16.3. The summed E-state index contributed by atoms with van der Waals surface area (Å²) in [5.74, 6) is 0.160.